The van der Waals surface area contributed by atoms with Gasteiger partial charge in [0.05, 0.1) is 17.3 Å². The maximum atomic E-state index is 9.30. The second kappa shape index (κ2) is 7.26. The predicted octanol–water partition coefficient (Wildman–Crippen LogP) is 7.94. The zero-order chi connectivity index (χ0) is 23.8. The van der Waals surface area contributed by atoms with E-state index >= 15 is 0 Å². The first kappa shape index (κ1) is 19.8. The van der Waals surface area contributed by atoms with Gasteiger partial charge >= 0.3 is 0 Å². The maximum absolute atomic E-state index is 9.30. The number of aromatic nitrogens is 1. The molecule has 0 amide bonds. The van der Waals surface area contributed by atoms with Crippen LogP contribution >= 0.6 is 0 Å². The van der Waals surface area contributed by atoms with E-state index in [0.717, 1.165) is 36.8 Å². The first-order valence-electron chi connectivity index (χ1n) is 12.7. The van der Waals surface area contributed by atoms with E-state index in [9.17, 15) is 5.26 Å². The van der Waals surface area contributed by atoms with Crippen LogP contribution in [0.2, 0.25) is 0 Å². The van der Waals surface area contributed by atoms with Crippen LogP contribution in [0, 0.1) is 11.3 Å². The first-order chi connectivity index (χ1) is 17.8. The molecular weight excluding hydrogens is 436 g/mol. The molecule has 0 aliphatic heterocycles. The standard InChI is InChI=1S/C34H22N2/c35-19-20-4-10-27-23(16-20)9-11-29-28(27)12-13-31-30(29)14-15-36-34(31)26-17-24-7-5-21-2-1-3-22-6-8-25(18-26)33(24)32(21)22/h1-4,9-18H,5-8H2. The minimum atomic E-state index is 0.695. The fraction of sp³-hybridized carbons (Fsp3) is 0.118. The lowest BCUT2D eigenvalue weighted by Gasteiger charge is -2.30. The number of nitrogens with zero attached hydrogens (tertiary/aromatic N) is 2. The largest absolute Gasteiger partial charge is 0.256 e. The summed E-state index contributed by atoms with van der Waals surface area (Å²) in [4.78, 5) is 4.92. The Kier molecular flexibility index (Phi) is 3.99. The molecule has 0 bridgehead atoms. The summed E-state index contributed by atoms with van der Waals surface area (Å²) >= 11 is 0. The number of pyridine rings is 1. The molecule has 0 fully saturated rings. The van der Waals surface area contributed by atoms with Gasteiger partial charge in [0.25, 0.3) is 0 Å². The highest BCUT2D eigenvalue weighted by Gasteiger charge is 2.26. The van der Waals surface area contributed by atoms with E-state index in [1.807, 2.05) is 18.3 Å². The lowest BCUT2D eigenvalue weighted by Crippen LogP contribution is -2.14. The number of hydrogen-bond acceptors (Lipinski definition) is 2. The van der Waals surface area contributed by atoms with Crippen molar-refractivity contribution in [1.29, 1.82) is 5.26 Å². The highest BCUT2D eigenvalue weighted by Crippen LogP contribution is 2.45. The number of hydrogen-bond donors (Lipinski definition) is 0. The third-order valence-corrected chi connectivity index (χ3v) is 8.28. The number of rotatable bonds is 1. The normalized spacial score (nSPS) is 13.6. The van der Waals surface area contributed by atoms with Gasteiger partial charge in [-0.15, -0.1) is 0 Å². The highest BCUT2D eigenvalue weighted by molar-refractivity contribution is 6.19. The van der Waals surface area contributed by atoms with Crippen molar-refractivity contribution >= 4 is 32.3 Å². The van der Waals surface area contributed by atoms with Crippen LogP contribution in [0.5, 0.6) is 0 Å². The van der Waals surface area contributed by atoms with Crippen LogP contribution in [0.25, 0.3) is 54.7 Å². The van der Waals surface area contributed by atoms with Gasteiger partial charge in [0.2, 0.25) is 0 Å². The molecule has 1 heterocycles. The monoisotopic (exact) mass is 458 g/mol. The Balaban J connectivity index is 1.36. The van der Waals surface area contributed by atoms with Crippen LogP contribution < -0.4 is 0 Å². The topological polar surface area (TPSA) is 36.7 Å². The lowest BCUT2D eigenvalue weighted by atomic mass is 9.74. The van der Waals surface area contributed by atoms with Crippen LogP contribution in [0.15, 0.2) is 85.1 Å². The maximum Gasteiger partial charge on any atom is 0.0991 e. The van der Waals surface area contributed by atoms with Gasteiger partial charge in [-0.25, -0.2) is 0 Å². The second-order valence-corrected chi connectivity index (χ2v) is 10.1. The molecule has 2 aliphatic carbocycles. The van der Waals surface area contributed by atoms with Gasteiger partial charge in [0.15, 0.2) is 0 Å². The van der Waals surface area contributed by atoms with Crippen molar-refractivity contribution in [1.82, 2.24) is 4.98 Å². The van der Waals surface area contributed by atoms with Crippen LogP contribution in [0.1, 0.15) is 27.8 Å². The third-order valence-electron chi connectivity index (χ3n) is 8.28. The average molecular weight is 459 g/mol. The molecule has 0 unspecified atom stereocenters. The zero-order valence-electron chi connectivity index (χ0n) is 19.8. The molecule has 6 aromatic rings. The van der Waals surface area contributed by atoms with E-state index in [1.54, 1.807) is 0 Å². The molecule has 0 radical (unpaired) electrons. The Morgan fingerprint density at radius 1 is 0.583 bits per heavy atom. The van der Waals surface area contributed by atoms with E-state index in [1.165, 1.54) is 65.9 Å². The smallest absolute Gasteiger partial charge is 0.0991 e. The van der Waals surface area contributed by atoms with Crippen LogP contribution in [0.4, 0.5) is 0 Å². The molecule has 5 aromatic carbocycles. The quantitative estimate of drug-likeness (QED) is 0.234. The molecule has 0 saturated carbocycles. The number of aryl methyl sites for hydroxylation is 4. The minimum Gasteiger partial charge on any atom is -0.256 e. The van der Waals surface area contributed by atoms with Crippen molar-refractivity contribution < 1.29 is 0 Å². The summed E-state index contributed by atoms with van der Waals surface area (Å²) in [6.45, 7) is 0. The Morgan fingerprint density at radius 2 is 1.19 bits per heavy atom. The minimum absolute atomic E-state index is 0.695. The summed E-state index contributed by atoms with van der Waals surface area (Å²) in [7, 11) is 0. The van der Waals surface area contributed by atoms with Crippen molar-refractivity contribution in [3.05, 3.63) is 113 Å². The third kappa shape index (κ3) is 2.69. The Bertz CT molecular complexity index is 1910. The van der Waals surface area contributed by atoms with Gasteiger partial charge in [-0.1, -0.05) is 48.5 Å². The fourth-order valence-electron chi connectivity index (χ4n) is 6.66. The van der Waals surface area contributed by atoms with Gasteiger partial charge < -0.3 is 0 Å². The Morgan fingerprint density at radius 3 is 1.97 bits per heavy atom. The molecule has 0 spiro atoms. The van der Waals surface area contributed by atoms with Gasteiger partial charge in [0.1, 0.15) is 0 Å². The molecule has 8 rings (SSSR count). The van der Waals surface area contributed by atoms with Crippen molar-refractivity contribution in [2.75, 3.05) is 0 Å². The summed E-state index contributed by atoms with van der Waals surface area (Å²) in [5.74, 6) is 0. The van der Waals surface area contributed by atoms with Gasteiger partial charge in [-0.3, -0.25) is 4.98 Å². The Labute approximate surface area is 209 Å². The fourth-order valence-corrected chi connectivity index (χ4v) is 6.66. The molecule has 2 aliphatic rings. The van der Waals surface area contributed by atoms with E-state index in [0.29, 0.717) is 5.56 Å². The van der Waals surface area contributed by atoms with Crippen LogP contribution in [-0.2, 0) is 25.7 Å². The summed E-state index contributed by atoms with van der Waals surface area (Å²) < 4.78 is 0. The van der Waals surface area contributed by atoms with E-state index in [-0.39, 0.29) is 0 Å². The SMILES string of the molecule is N#Cc1ccc2c(ccc3c4ccnc(-c5cc6c7c(c5)CCc5cccc(c5-7)CC6)c4ccc23)c1. The zero-order valence-corrected chi connectivity index (χ0v) is 19.8. The first-order valence-corrected chi connectivity index (χ1v) is 12.7. The molecule has 0 N–H and O–H groups in total. The summed E-state index contributed by atoms with van der Waals surface area (Å²) in [5.41, 5.74) is 12.0. The Hall–Kier alpha value is -4.48. The molecule has 0 atom stereocenters. The molecule has 0 saturated heterocycles. The van der Waals surface area contributed by atoms with Crippen molar-refractivity contribution in [3.8, 4) is 28.5 Å². The summed E-state index contributed by atoms with van der Waals surface area (Å²) in [6.07, 6.45) is 6.38. The van der Waals surface area contributed by atoms with Crippen molar-refractivity contribution in [3.63, 3.8) is 0 Å². The van der Waals surface area contributed by atoms with Crippen LogP contribution in [-0.4, -0.2) is 4.98 Å². The van der Waals surface area contributed by atoms with E-state index < -0.39 is 0 Å². The van der Waals surface area contributed by atoms with Gasteiger partial charge in [0, 0.05) is 17.1 Å². The number of nitriles is 1. The second-order valence-electron chi connectivity index (χ2n) is 10.1. The predicted molar refractivity (Wildman–Crippen MR) is 147 cm³/mol. The molecule has 2 nitrogen and oxygen atoms in total. The van der Waals surface area contributed by atoms with E-state index in [4.69, 9.17) is 4.98 Å². The van der Waals surface area contributed by atoms with Gasteiger partial charge in [-0.05, 0) is 116 Å². The molecule has 2 heteroatoms. The molecule has 168 valence electrons. The number of benzene rings is 5. The average Bonchev–Trinajstić information content (AvgIpc) is 2.94. The van der Waals surface area contributed by atoms with Crippen LogP contribution in [0.3, 0.4) is 0 Å². The molecule has 36 heavy (non-hydrogen) atoms. The van der Waals surface area contributed by atoms with E-state index in [2.05, 4.69) is 72.8 Å². The summed E-state index contributed by atoms with van der Waals surface area (Å²) in [5, 5.41) is 16.4. The van der Waals surface area contributed by atoms with Crippen molar-refractivity contribution in [2.24, 2.45) is 0 Å². The molecular formula is C34H22N2. The van der Waals surface area contributed by atoms with Crippen molar-refractivity contribution in [2.45, 2.75) is 25.7 Å². The van der Waals surface area contributed by atoms with Gasteiger partial charge in [-0.2, -0.15) is 5.26 Å². The number of fused-ring (bicyclic) bond motifs is 5. The summed E-state index contributed by atoms with van der Waals surface area (Å²) in [6, 6.07) is 30.8. The molecule has 1 aromatic heterocycles. The highest BCUT2D eigenvalue weighted by atomic mass is 14.7. The lowest BCUT2D eigenvalue weighted by molar-refractivity contribution is 0.877.